The molecule has 1 aromatic rings. The second-order valence-electron chi connectivity index (χ2n) is 5.43. The number of amides is 1. The quantitative estimate of drug-likeness (QED) is 0.840. The van der Waals surface area contributed by atoms with Crippen LogP contribution in [-0.2, 0) is 11.0 Å². The van der Waals surface area contributed by atoms with Gasteiger partial charge in [-0.25, -0.2) is 0 Å². The Hall–Kier alpha value is -1.82. The average molecular weight is 301 g/mol. The Kier molecular flexibility index (Phi) is 5.17. The van der Waals surface area contributed by atoms with Crippen molar-refractivity contribution in [1.82, 2.24) is 5.32 Å². The molecule has 6 heteroatoms. The normalized spacial score (nSPS) is 13.2. The van der Waals surface area contributed by atoms with Crippen molar-refractivity contribution in [1.29, 1.82) is 0 Å². The van der Waals surface area contributed by atoms with Crippen LogP contribution in [0.25, 0.3) is 5.57 Å². The van der Waals surface area contributed by atoms with Crippen molar-refractivity contribution < 1.29 is 23.1 Å². The van der Waals surface area contributed by atoms with Crippen LogP contribution >= 0.6 is 0 Å². The lowest BCUT2D eigenvalue weighted by atomic mass is 10.0. The number of nitrogens with one attached hydrogen (secondary N) is 1. The van der Waals surface area contributed by atoms with Crippen LogP contribution in [0.5, 0.6) is 0 Å². The fourth-order valence-corrected chi connectivity index (χ4v) is 1.61. The zero-order chi connectivity index (χ0) is 16.3. The second kappa shape index (κ2) is 6.30. The van der Waals surface area contributed by atoms with Crippen LogP contribution in [0, 0.1) is 0 Å². The lowest BCUT2D eigenvalue weighted by molar-refractivity contribution is -0.137. The molecule has 3 nitrogen and oxygen atoms in total. The van der Waals surface area contributed by atoms with Crippen molar-refractivity contribution in [2.24, 2.45) is 0 Å². The zero-order valence-corrected chi connectivity index (χ0v) is 12.1. The van der Waals surface area contributed by atoms with E-state index in [0.717, 1.165) is 12.1 Å². The lowest BCUT2D eigenvalue weighted by Gasteiger charge is -2.22. The van der Waals surface area contributed by atoms with Gasteiger partial charge in [-0.05, 0) is 44.0 Å². The summed E-state index contributed by atoms with van der Waals surface area (Å²) in [7, 11) is 0. The van der Waals surface area contributed by atoms with Crippen LogP contribution in [0.4, 0.5) is 13.2 Å². The van der Waals surface area contributed by atoms with Gasteiger partial charge < -0.3 is 10.4 Å². The first-order chi connectivity index (χ1) is 9.55. The van der Waals surface area contributed by atoms with Gasteiger partial charge in [-0.2, -0.15) is 13.2 Å². The molecule has 1 amide bonds. The highest BCUT2D eigenvalue weighted by Crippen LogP contribution is 2.29. The predicted octanol–water partition coefficient (Wildman–Crippen LogP) is 3.00. The van der Waals surface area contributed by atoms with E-state index < -0.39 is 23.2 Å². The van der Waals surface area contributed by atoms with Gasteiger partial charge in [-0.1, -0.05) is 12.1 Å². The van der Waals surface area contributed by atoms with E-state index >= 15 is 0 Å². The first-order valence-electron chi connectivity index (χ1n) is 6.34. The summed E-state index contributed by atoms with van der Waals surface area (Å²) >= 11 is 0. The molecule has 116 valence electrons. The van der Waals surface area contributed by atoms with E-state index in [2.05, 4.69) is 5.32 Å². The number of alkyl halides is 3. The topological polar surface area (TPSA) is 49.3 Å². The summed E-state index contributed by atoms with van der Waals surface area (Å²) in [5.41, 5.74) is -0.423. The summed E-state index contributed by atoms with van der Waals surface area (Å²) in [6, 6.07) is 4.59. The van der Waals surface area contributed by atoms with E-state index in [1.807, 2.05) is 0 Å². The Morgan fingerprint density at radius 1 is 1.24 bits per heavy atom. The molecule has 0 aliphatic rings. The molecule has 0 bridgehead atoms. The molecule has 0 radical (unpaired) electrons. The number of carbonyl (C=O) groups is 1. The molecule has 0 heterocycles. The Balaban J connectivity index is 2.86. The molecule has 0 spiro atoms. The molecule has 0 aromatic heterocycles. The largest absolute Gasteiger partial charge is 0.416 e. The maximum absolute atomic E-state index is 12.5. The van der Waals surface area contributed by atoms with Gasteiger partial charge in [-0.3, -0.25) is 4.79 Å². The first-order valence-corrected chi connectivity index (χ1v) is 6.34. The lowest BCUT2D eigenvalue weighted by Crippen LogP contribution is -2.45. The Bertz CT molecular complexity index is 531. The third-order valence-corrected chi connectivity index (χ3v) is 2.87. The summed E-state index contributed by atoms with van der Waals surface area (Å²) in [6.45, 7) is 4.73. The molecule has 21 heavy (non-hydrogen) atoms. The van der Waals surface area contributed by atoms with Crippen LogP contribution in [0.2, 0.25) is 0 Å². The molecule has 1 aromatic carbocycles. The fraction of sp³-hybridized carbons (Fsp3) is 0.400. The van der Waals surface area contributed by atoms with Gasteiger partial charge in [0, 0.05) is 6.08 Å². The summed E-state index contributed by atoms with van der Waals surface area (Å²) < 4.78 is 37.4. The van der Waals surface area contributed by atoms with Crippen LogP contribution in [0.1, 0.15) is 31.9 Å². The van der Waals surface area contributed by atoms with Gasteiger partial charge in [0.15, 0.2) is 0 Å². The summed E-state index contributed by atoms with van der Waals surface area (Å²) in [5, 5.41) is 11.7. The molecule has 0 saturated heterocycles. The van der Waals surface area contributed by atoms with Gasteiger partial charge in [0.05, 0.1) is 17.7 Å². The van der Waals surface area contributed by atoms with Gasteiger partial charge >= 0.3 is 6.18 Å². The number of aliphatic hydroxyl groups excluding tert-OH is 1. The number of carbonyl (C=O) groups excluding carboxylic acids is 1. The third kappa shape index (κ3) is 5.23. The summed E-state index contributed by atoms with van der Waals surface area (Å²) in [5.74, 6) is -0.411. The highest BCUT2D eigenvalue weighted by molar-refractivity contribution is 5.95. The van der Waals surface area contributed by atoms with E-state index in [0.29, 0.717) is 11.1 Å². The molecule has 1 rings (SSSR count). The van der Waals surface area contributed by atoms with Crippen LogP contribution in [0.3, 0.4) is 0 Å². The summed E-state index contributed by atoms with van der Waals surface area (Å²) in [4.78, 5) is 11.7. The van der Waals surface area contributed by atoms with Crippen molar-refractivity contribution >= 4 is 11.5 Å². The standard InChI is InChI=1S/C15H18F3NO2/c1-10(8-13(21)19-14(2,3)9-20)11-4-6-12(7-5-11)15(16,17)18/h4-8,20H,9H2,1-3H3,(H,19,21)/b10-8-. The van der Waals surface area contributed by atoms with Crippen LogP contribution in [0.15, 0.2) is 30.3 Å². The predicted molar refractivity (Wildman–Crippen MR) is 74.4 cm³/mol. The van der Waals surface area contributed by atoms with Crippen molar-refractivity contribution in [2.45, 2.75) is 32.5 Å². The van der Waals surface area contributed by atoms with Gasteiger partial charge in [0.25, 0.3) is 0 Å². The molecule has 2 N–H and O–H groups in total. The van der Waals surface area contributed by atoms with E-state index in [4.69, 9.17) is 5.11 Å². The number of hydrogen-bond acceptors (Lipinski definition) is 2. The minimum atomic E-state index is -4.38. The number of allylic oxidation sites excluding steroid dienone is 1. The Morgan fingerprint density at radius 2 is 1.76 bits per heavy atom. The molecular weight excluding hydrogens is 283 g/mol. The minimum Gasteiger partial charge on any atom is -0.394 e. The molecule has 0 fully saturated rings. The molecule has 0 saturated carbocycles. The molecule has 0 unspecified atom stereocenters. The van der Waals surface area contributed by atoms with Crippen LogP contribution < -0.4 is 5.32 Å². The van der Waals surface area contributed by atoms with E-state index in [-0.39, 0.29) is 6.61 Å². The number of benzene rings is 1. The van der Waals surface area contributed by atoms with Gasteiger partial charge in [-0.15, -0.1) is 0 Å². The highest BCUT2D eigenvalue weighted by Gasteiger charge is 2.29. The van der Waals surface area contributed by atoms with E-state index in [9.17, 15) is 18.0 Å². The van der Waals surface area contributed by atoms with E-state index in [1.165, 1.54) is 18.2 Å². The monoisotopic (exact) mass is 301 g/mol. The number of halogens is 3. The number of aliphatic hydroxyl groups is 1. The van der Waals surface area contributed by atoms with Crippen molar-refractivity contribution in [3.63, 3.8) is 0 Å². The molecule has 0 aliphatic carbocycles. The third-order valence-electron chi connectivity index (χ3n) is 2.87. The highest BCUT2D eigenvalue weighted by atomic mass is 19.4. The Labute approximate surface area is 121 Å². The molecule has 0 aliphatic heterocycles. The smallest absolute Gasteiger partial charge is 0.394 e. The maximum atomic E-state index is 12.5. The first kappa shape index (κ1) is 17.2. The van der Waals surface area contributed by atoms with Crippen molar-refractivity contribution in [2.75, 3.05) is 6.61 Å². The SMILES string of the molecule is C/C(=C/C(=O)NC(C)(C)CO)c1ccc(C(F)(F)F)cc1. The number of rotatable bonds is 4. The fourth-order valence-electron chi connectivity index (χ4n) is 1.61. The minimum absolute atomic E-state index is 0.216. The van der Waals surface area contributed by atoms with Crippen molar-refractivity contribution in [3.05, 3.63) is 41.5 Å². The van der Waals surface area contributed by atoms with Gasteiger partial charge in [0.2, 0.25) is 5.91 Å². The van der Waals surface area contributed by atoms with Crippen molar-refractivity contribution in [3.8, 4) is 0 Å². The molecule has 0 atom stereocenters. The molecular formula is C15H18F3NO2. The van der Waals surface area contributed by atoms with Gasteiger partial charge in [0.1, 0.15) is 0 Å². The zero-order valence-electron chi connectivity index (χ0n) is 12.1. The second-order valence-corrected chi connectivity index (χ2v) is 5.43. The average Bonchev–Trinajstić information content (AvgIpc) is 2.37. The van der Waals surface area contributed by atoms with Crippen LogP contribution in [-0.4, -0.2) is 23.2 Å². The Morgan fingerprint density at radius 3 is 2.19 bits per heavy atom. The number of hydrogen-bond donors (Lipinski definition) is 2. The van der Waals surface area contributed by atoms with E-state index in [1.54, 1.807) is 20.8 Å². The maximum Gasteiger partial charge on any atom is 0.416 e. The summed E-state index contributed by atoms with van der Waals surface area (Å²) in [6.07, 6.45) is -3.08.